The lowest BCUT2D eigenvalue weighted by molar-refractivity contribution is 0.329. The van der Waals surface area contributed by atoms with Crippen molar-refractivity contribution in [2.75, 3.05) is 0 Å². The second-order valence-corrected chi connectivity index (χ2v) is 15.3. The van der Waals surface area contributed by atoms with Crippen LogP contribution in [0.1, 0.15) is 0 Å². The van der Waals surface area contributed by atoms with E-state index in [4.69, 9.17) is 4.42 Å². The molecule has 0 saturated heterocycles. The highest BCUT2D eigenvalue weighted by Crippen LogP contribution is 2.65. The third kappa shape index (κ3) is 4.93. The summed E-state index contributed by atoms with van der Waals surface area (Å²) >= 11 is 0. The molecule has 0 spiro atoms. The van der Waals surface area contributed by atoms with Crippen molar-refractivity contribution in [2.45, 2.75) is 0 Å². The molecule has 18 heteroatoms. The average molecular weight is 895 g/mol. The van der Waals surface area contributed by atoms with Crippen molar-refractivity contribution < 1.29 is 91.2 Å². The van der Waals surface area contributed by atoms with Gasteiger partial charge in [0.05, 0.1) is 27.3 Å². The normalized spacial score (nSPS) is 11.8. The fourth-order valence-corrected chi connectivity index (χ4v) is 8.99. The number of aromatic hydroxyl groups is 17. The lowest BCUT2D eigenvalue weighted by atomic mass is 9.81. The molecule has 0 atom stereocenters. The van der Waals surface area contributed by atoms with E-state index in [0.717, 1.165) is 0 Å². The number of hydrogen-bond donors (Lipinski definition) is 17. The van der Waals surface area contributed by atoms with E-state index < -0.39 is 153 Å². The first-order valence-electron chi connectivity index (χ1n) is 19.3. The highest BCUT2D eigenvalue weighted by atomic mass is 16.4. The number of fused-ring (bicyclic) bond motifs is 7. The molecule has 1 heterocycles. The second-order valence-electron chi connectivity index (χ2n) is 15.3. The van der Waals surface area contributed by atoms with E-state index in [2.05, 4.69) is 0 Å². The Balaban J connectivity index is 1.40. The van der Waals surface area contributed by atoms with E-state index >= 15 is 0 Å². The predicted molar refractivity (Wildman–Crippen MR) is 236 cm³/mol. The van der Waals surface area contributed by atoms with Gasteiger partial charge in [0.1, 0.15) is 5.75 Å². The summed E-state index contributed by atoms with van der Waals surface area (Å²) in [6.07, 6.45) is 0. The Morgan fingerprint density at radius 2 is 0.545 bits per heavy atom. The van der Waals surface area contributed by atoms with Gasteiger partial charge in [0, 0.05) is 33.2 Å². The van der Waals surface area contributed by atoms with Gasteiger partial charge in [0.25, 0.3) is 0 Å². The first-order valence-corrected chi connectivity index (χ1v) is 19.3. The van der Waals surface area contributed by atoms with Gasteiger partial charge in [-0.2, -0.15) is 0 Å². The molecule has 66 heavy (non-hydrogen) atoms. The summed E-state index contributed by atoms with van der Waals surface area (Å²) in [7, 11) is 0. The number of furan rings is 1. The largest absolute Gasteiger partial charge is 0.506 e. The summed E-state index contributed by atoms with van der Waals surface area (Å²) in [6, 6.07) is 19.8. The topological polar surface area (TPSA) is 357 Å². The number of benzene rings is 9. The summed E-state index contributed by atoms with van der Waals surface area (Å²) in [5, 5.41) is 188. The van der Waals surface area contributed by atoms with Gasteiger partial charge in [-0.15, -0.1) is 0 Å². The molecule has 0 radical (unpaired) electrons. The van der Waals surface area contributed by atoms with Crippen LogP contribution in [0.2, 0.25) is 0 Å². The Kier molecular flexibility index (Phi) is 8.28. The van der Waals surface area contributed by atoms with Crippen molar-refractivity contribution >= 4 is 54.3 Å². The van der Waals surface area contributed by atoms with Gasteiger partial charge in [-0.1, -0.05) is 78.9 Å². The fraction of sp³-hybridized carbons (Fsp3) is 0. The molecule has 10 rings (SSSR count). The van der Waals surface area contributed by atoms with E-state index in [9.17, 15) is 86.8 Å². The minimum Gasteiger partial charge on any atom is -0.506 e. The molecule has 0 aliphatic rings. The van der Waals surface area contributed by atoms with Crippen LogP contribution in [0.15, 0.2) is 83.3 Å². The van der Waals surface area contributed by atoms with Gasteiger partial charge in [-0.05, 0) is 27.1 Å². The Morgan fingerprint density at radius 1 is 0.212 bits per heavy atom. The molecule has 10 aromatic rings. The Hall–Kier alpha value is -9.84. The van der Waals surface area contributed by atoms with Crippen LogP contribution in [0, 0.1) is 0 Å². The zero-order chi connectivity index (χ0) is 47.1. The molecule has 0 fully saturated rings. The maximum Gasteiger partial charge on any atom is 0.208 e. The van der Waals surface area contributed by atoms with Crippen molar-refractivity contribution in [2.24, 2.45) is 0 Å². The predicted octanol–water partition coefficient (Wildman–Crippen LogP) is 8.71. The molecular weight excluding hydrogens is 865 g/mol. The highest BCUT2D eigenvalue weighted by molar-refractivity contribution is 6.32. The molecular formula is C48H30O18. The molecule has 17 N–H and O–H groups in total. The van der Waals surface area contributed by atoms with Gasteiger partial charge < -0.3 is 91.2 Å². The van der Waals surface area contributed by atoms with Crippen molar-refractivity contribution in [3.05, 3.63) is 78.9 Å². The summed E-state index contributed by atoms with van der Waals surface area (Å²) in [6.45, 7) is 0. The number of hydrogen-bond acceptors (Lipinski definition) is 18. The first kappa shape index (κ1) is 40.2. The van der Waals surface area contributed by atoms with Crippen molar-refractivity contribution in [1.29, 1.82) is 0 Å². The Bertz CT molecular complexity index is 3750. The lowest BCUT2D eigenvalue weighted by Crippen LogP contribution is -1.96. The summed E-state index contributed by atoms with van der Waals surface area (Å²) < 4.78 is 5.93. The number of rotatable bonds is 4. The smallest absolute Gasteiger partial charge is 0.208 e. The SMILES string of the molecule is Oc1c(O)c(O)c(-c2c(O)c(O)c(-c3c4ccccc4c(-c4c(O)c(O)c(O)c5oc6c7c(O)c(O)c(O)c(O)c7c(O)c(O)c6c45)c4ccccc34)c(O)c2-c2ccccc2)c(O)c1O. The van der Waals surface area contributed by atoms with Gasteiger partial charge in [0.15, 0.2) is 62.9 Å². The van der Waals surface area contributed by atoms with Crippen LogP contribution in [0.3, 0.4) is 0 Å². The van der Waals surface area contributed by atoms with E-state index in [1.165, 1.54) is 48.5 Å². The number of phenolic OH excluding ortho intramolecular Hbond substituents is 17. The molecule has 0 bridgehead atoms. The summed E-state index contributed by atoms with van der Waals surface area (Å²) in [5.74, 6) is -19.9. The van der Waals surface area contributed by atoms with E-state index in [1.807, 2.05) is 0 Å². The Morgan fingerprint density at radius 3 is 1.08 bits per heavy atom. The molecule has 0 aliphatic carbocycles. The van der Waals surface area contributed by atoms with E-state index in [-0.39, 0.29) is 43.8 Å². The third-order valence-electron chi connectivity index (χ3n) is 11.9. The van der Waals surface area contributed by atoms with Crippen LogP contribution < -0.4 is 0 Å². The van der Waals surface area contributed by atoms with Gasteiger partial charge in [0.2, 0.25) is 40.2 Å². The van der Waals surface area contributed by atoms with Gasteiger partial charge in [-0.25, -0.2) is 0 Å². The fourth-order valence-electron chi connectivity index (χ4n) is 8.99. The summed E-state index contributed by atoms with van der Waals surface area (Å²) in [4.78, 5) is 0. The first-order chi connectivity index (χ1) is 31.4. The molecule has 9 aromatic carbocycles. The van der Waals surface area contributed by atoms with Crippen molar-refractivity contribution in [3.8, 4) is 142 Å². The minimum atomic E-state index is -1.32. The zero-order valence-corrected chi connectivity index (χ0v) is 33.0. The van der Waals surface area contributed by atoms with Gasteiger partial charge in [-0.3, -0.25) is 0 Å². The molecule has 0 amide bonds. The third-order valence-corrected chi connectivity index (χ3v) is 11.9. The Labute approximate surface area is 365 Å². The maximum atomic E-state index is 12.5. The van der Waals surface area contributed by atoms with Crippen LogP contribution in [-0.4, -0.2) is 86.8 Å². The molecule has 0 saturated carbocycles. The number of phenols is 17. The van der Waals surface area contributed by atoms with Crippen LogP contribution in [0.5, 0.6) is 97.7 Å². The molecule has 0 aliphatic heterocycles. The maximum absolute atomic E-state index is 12.5. The zero-order valence-electron chi connectivity index (χ0n) is 33.0. The average Bonchev–Trinajstić information content (AvgIpc) is 3.72. The standard InChI is InChI=1S/C48H30O18/c49-30-19(14-8-2-1-3-9-14)22(26-35(54)41(60)45(64)42(61)36(26)55)31(50)33(52)25(30)21-17-12-6-4-10-15(17)20(16-11-5-7-13-18(16)21)23-24-28-38(57)34(53)27-29(39(58)43(62)40(59)37(27)56)47(28)66-48(24)46(65)44(63)32(23)51/h1-13,49-65H. The quantitative estimate of drug-likeness (QED) is 0.0446. The van der Waals surface area contributed by atoms with Crippen LogP contribution in [0.25, 0.3) is 98.8 Å². The van der Waals surface area contributed by atoms with E-state index in [0.29, 0.717) is 0 Å². The highest BCUT2D eigenvalue weighted by Gasteiger charge is 2.37. The molecule has 0 unspecified atom stereocenters. The monoisotopic (exact) mass is 894 g/mol. The van der Waals surface area contributed by atoms with Crippen LogP contribution in [-0.2, 0) is 0 Å². The summed E-state index contributed by atoms with van der Waals surface area (Å²) in [5.41, 5.74) is -4.07. The molecule has 330 valence electrons. The molecule has 1 aromatic heterocycles. The van der Waals surface area contributed by atoms with Crippen molar-refractivity contribution in [3.63, 3.8) is 0 Å². The lowest BCUT2D eigenvalue weighted by Gasteiger charge is -2.24. The second kappa shape index (κ2) is 13.6. The van der Waals surface area contributed by atoms with E-state index in [1.54, 1.807) is 30.3 Å². The molecule has 18 nitrogen and oxygen atoms in total. The van der Waals surface area contributed by atoms with Crippen molar-refractivity contribution in [1.82, 2.24) is 0 Å². The van der Waals surface area contributed by atoms with Gasteiger partial charge >= 0.3 is 0 Å². The van der Waals surface area contributed by atoms with Crippen LogP contribution in [0.4, 0.5) is 0 Å². The minimum absolute atomic E-state index is 0.00180. The van der Waals surface area contributed by atoms with Crippen LogP contribution >= 0.6 is 0 Å².